The maximum absolute atomic E-state index is 12.1. The summed E-state index contributed by atoms with van der Waals surface area (Å²) in [6.07, 6.45) is 1.62. The van der Waals surface area contributed by atoms with Crippen molar-refractivity contribution in [3.8, 4) is 0 Å². The predicted octanol–water partition coefficient (Wildman–Crippen LogP) is 2.88. The molecule has 0 atom stereocenters. The van der Waals surface area contributed by atoms with Crippen molar-refractivity contribution in [1.29, 1.82) is 0 Å². The van der Waals surface area contributed by atoms with Gasteiger partial charge >= 0.3 is 0 Å². The molecule has 0 unspecified atom stereocenters. The van der Waals surface area contributed by atoms with E-state index in [4.69, 9.17) is 4.52 Å². The Balaban J connectivity index is 2.01. The van der Waals surface area contributed by atoms with Gasteiger partial charge in [-0.15, -0.1) is 0 Å². The molecule has 0 aliphatic rings. The molecule has 1 heterocycles. The van der Waals surface area contributed by atoms with Crippen molar-refractivity contribution >= 4 is 16.0 Å². The van der Waals surface area contributed by atoms with Crippen LogP contribution in [0.3, 0.4) is 0 Å². The number of nitrogens with one attached hydrogen (secondary N) is 3. The van der Waals surface area contributed by atoms with E-state index in [9.17, 15) is 8.42 Å². The van der Waals surface area contributed by atoms with Gasteiger partial charge in [0.05, 0.1) is 18.0 Å². The van der Waals surface area contributed by atoms with Crippen LogP contribution < -0.4 is 15.4 Å². The molecule has 0 aliphatic carbocycles. The van der Waals surface area contributed by atoms with Crippen LogP contribution >= 0.6 is 0 Å². The van der Waals surface area contributed by atoms with Crippen LogP contribution in [0.2, 0.25) is 0 Å². The van der Waals surface area contributed by atoms with Gasteiger partial charge < -0.3 is 15.2 Å². The Morgan fingerprint density at radius 3 is 2.32 bits per heavy atom. The molecule has 2 rings (SSSR count). The van der Waals surface area contributed by atoms with Crippen LogP contribution in [0.1, 0.15) is 62.8 Å². The number of benzene rings is 1. The molecule has 2 aromatic rings. The SMILES string of the molecule is CCNC(=NCc1ccc(CS(=O)(=O)NC(C)C)cc1)NCc1c(CC)noc1CC. The molecule has 9 heteroatoms. The van der Waals surface area contributed by atoms with E-state index in [1.54, 1.807) is 0 Å². The van der Waals surface area contributed by atoms with E-state index in [2.05, 4.69) is 39.4 Å². The molecule has 0 saturated heterocycles. The molecule has 172 valence electrons. The lowest BCUT2D eigenvalue weighted by molar-refractivity contribution is 0.380. The number of aryl methyl sites for hydroxylation is 2. The standard InChI is InChI=1S/C22H35N5O3S/c1-6-20-19(21(7-2)30-26-20)14-25-22(23-8-3)24-13-17-9-11-18(12-10-17)15-31(28,29)27-16(4)5/h9-12,16,27H,6-8,13-15H2,1-5H3,(H2,23,24,25). The average Bonchev–Trinajstić information content (AvgIpc) is 3.11. The number of hydrogen-bond donors (Lipinski definition) is 3. The third-order valence-corrected chi connectivity index (χ3v) is 6.14. The first-order valence-corrected chi connectivity index (χ1v) is 12.5. The van der Waals surface area contributed by atoms with Crippen LogP contribution in [-0.2, 0) is 41.7 Å². The molecular weight excluding hydrogens is 414 g/mol. The van der Waals surface area contributed by atoms with E-state index in [1.165, 1.54) is 0 Å². The second-order valence-corrected chi connectivity index (χ2v) is 9.39. The molecule has 3 N–H and O–H groups in total. The Kier molecular flexibility index (Phi) is 9.51. The van der Waals surface area contributed by atoms with Gasteiger partial charge in [0.25, 0.3) is 0 Å². The van der Waals surface area contributed by atoms with Crippen LogP contribution in [0.5, 0.6) is 0 Å². The Morgan fingerprint density at radius 1 is 1.06 bits per heavy atom. The first kappa shape index (κ1) is 24.9. The minimum Gasteiger partial charge on any atom is -0.361 e. The third-order valence-electron chi connectivity index (χ3n) is 4.60. The second-order valence-electron chi connectivity index (χ2n) is 7.63. The molecule has 0 amide bonds. The number of aliphatic imine (C=N–C) groups is 1. The fourth-order valence-electron chi connectivity index (χ4n) is 3.18. The summed E-state index contributed by atoms with van der Waals surface area (Å²) in [6, 6.07) is 7.39. The number of hydrogen-bond acceptors (Lipinski definition) is 5. The van der Waals surface area contributed by atoms with Gasteiger partial charge in [-0.05, 0) is 38.3 Å². The van der Waals surface area contributed by atoms with Crippen LogP contribution in [0.15, 0.2) is 33.8 Å². The summed E-state index contributed by atoms with van der Waals surface area (Å²) in [4.78, 5) is 4.65. The van der Waals surface area contributed by atoms with Gasteiger partial charge in [0.1, 0.15) is 5.76 Å². The smallest absolute Gasteiger partial charge is 0.216 e. The summed E-state index contributed by atoms with van der Waals surface area (Å²) in [6.45, 7) is 11.6. The number of aromatic nitrogens is 1. The summed E-state index contributed by atoms with van der Waals surface area (Å²) in [5.74, 6) is 1.58. The maximum Gasteiger partial charge on any atom is 0.216 e. The van der Waals surface area contributed by atoms with E-state index in [0.717, 1.165) is 47.5 Å². The van der Waals surface area contributed by atoms with Crippen molar-refractivity contribution in [3.05, 3.63) is 52.4 Å². The zero-order chi connectivity index (χ0) is 22.9. The molecular formula is C22H35N5O3S. The summed E-state index contributed by atoms with van der Waals surface area (Å²) >= 11 is 0. The number of guanidine groups is 1. The van der Waals surface area contributed by atoms with E-state index in [0.29, 0.717) is 19.0 Å². The highest BCUT2D eigenvalue weighted by atomic mass is 32.2. The van der Waals surface area contributed by atoms with Crippen molar-refractivity contribution in [3.63, 3.8) is 0 Å². The van der Waals surface area contributed by atoms with Crippen molar-refractivity contribution in [2.75, 3.05) is 6.54 Å². The number of rotatable bonds is 11. The highest BCUT2D eigenvalue weighted by molar-refractivity contribution is 7.88. The molecule has 31 heavy (non-hydrogen) atoms. The number of nitrogens with zero attached hydrogens (tertiary/aromatic N) is 2. The molecule has 0 radical (unpaired) electrons. The Hall–Kier alpha value is -2.39. The molecule has 1 aromatic heterocycles. The molecule has 0 bridgehead atoms. The van der Waals surface area contributed by atoms with Crippen LogP contribution in [0.4, 0.5) is 0 Å². The third kappa shape index (κ3) is 7.99. The lowest BCUT2D eigenvalue weighted by atomic mass is 10.1. The minimum atomic E-state index is -3.33. The molecule has 0 aliphatic heterocycles. The van der Waals surface area contributed by atoms with Crippen molar-refractivity contribution < 1.29 is 12.9 Å². The highest BCUT2D eigenvalue weighted by Crippen LogP contribution is 2.15. The summed E-state index contributed by atoms with van der Waals surface area (Å²) in [7, 11) is -3.33. The summed E-state index contributed by atoms with van der Waals surface area (Å²) < 4.78 is 32.2. The first-order valence-electron chi connectivity index (χ1n) is 10.8. The maximum atomic E-state index is 12.1. The summed E-state index contributed by atoms with van der Waals surface area (Å²) in [5, 5.41) is 10.8. The molecule has 8 nitrogen and oxygen atoms in total. The zero-order valence-corrected chi connectivity index (χ0v) is 20.0. The lowest BCUT2D eigenvalue weighted by Gasteiger charge is -2.12. The van der Waals surface area contributed by atoms with Gasteiger partial charge in [-0.3, -0.25) is 0 Å². The van der Waals surface area contributed by atoms with Gasteiger partial charge in [-0.1, -0.05) is 43.3 Å². The highest BCUT2D eigenvalue weighted by Gasteiger charge is 2.14. The topological polar surface area (TPSA) is 109 Å². The van der Waals surface area contributed by atoms with Crippen LogP contribution in [0.25, 0.3) is 0 Å². The normalized spacial score (nSPS) is 12.4. The molecule has 0 spiro atoms. The minimum absolute atomic E-state index is 0.0306. The van der Waals surface area contributed by atoms with Gasteiger partial charge in [0.15, 0.2) is 5.96 Å². The molecule has 0 fully saturated rings. The fraction of sp³-hybridized carbons (Fsp3) is 0.545. The van der Waals surface area contributed by atoms with Gasteiger partial charge in [-0.2, -0.15) is 0 Å². The molecule has 1 aromatic carbocycles. The number of sulfonamides is 1. The van der Waals surface area contributed by atoms with Crippen molar-refractivity contribution in [2.24, 2.45) is 4.99 Å². The van der Waals surface area contributed by atoms with Crippen LogP contribution in [0, 0.1) is 0 Å². The zero-order valence-electron chi connectivity index (χ0n) is 19.2. The Morgan fingerprint density at radius 2 is 1.74 bits per heavy atom. The van der Waals surface area contributed by atoms with Gasteiger partial charge in [0.2, 0.25) is 10.0 Å². The lowest BCUT2D eigenvalue weighted by Crippen LogP contribution is -2.37. The largest absolute Gasteiger partial charge is 0.361 e. The van der Waals surface area contributed by atoms with E-state index < -0.39 is 10.0 Å². The second kappa shape index (κ2) is 11.9. The fourth-order valence-corrected chi connectivity index (χ4v) is 4.62. The van der Waals surface area contributed by atoms with E-state index >= 15 is 0 Å². The van der Waals surface area contributed by atoms with Crippen molar-refractivity contribution in [1.82, 2.24) is 20.5 Å². The Labute approximate surface area is 186 Å². The van der Waals surface area contributed by atoms with Gasteiger partial charge in [-0.25, -0.2) is 18.1 Å². The average molecular weight is 450 g/mol. The molecule has 0 saturated carbocycles. The Bertz CT molecular complexity index is 929. The van der Waals surface area contributed by atoms with Crippen LogP contribution in [-0.4, -0.2) is 32.1 Å². The predicted molar refractivity (Wildman–Crippen MR) is 124 cm³/mol. The monoisotopic (exact) mass is 449 g/mol. The first-order chi connectivity index (χ1) is 14.8. The van der Waals surface area contributed by atoms with E-state index in [-0.39, 0.29) is 11.8 Å². The van der Waals surface area contributed by atoms with Gasteiger partial charge in [0, 0.05) is 31.1 Å². The summed E-state index contributed by atoms with van der Waals surface area (Å²) in [5.41, 5.74) is 3.81. The van der Waals surface area contributed by atoms with E-state index in [1.807, 2.05) is 45.0 Å². The van der Waals surface area contributed by atoms with Crippen molar-refractivity contribution in [2.45, 2.75) is 72.3 Å². The quantitative estimate of drug-likeness (QED) is 0.360.